The molecular formula is C23H36N6O2. The minimum absolute atomic E-state index is 0.0636. The zero-order valence-electron chi connectivity index (χ0n) is 18.8. The minimum atomic E-state index is 0.0636. The number of carbonyl (C=O) groups is 2. The lowest BCUT2D eigenvalue weighted by Crippen LogP contribution is -2.50. The molecule has 2 heterocycles. The van der Waals surface area contributed by atoms with E-state index in [0.717, 1.165) is 57.9 Å². The summed E-state index contributed by atoms with van der Waals surface area (Å²) in [4.78, 5) is 32.9. The number of carbonyl (C=O) groups excluding carboxylic acids is 2. The molecule has 2 aliphatic heterocycles. The van der Waals surface area contributed by atoms with Gasteiger partial charge in [-0.2, -0.15) is 0 Å². The highest BCUT2D eigenvalue weighted by atomic mass is 16.2. The number of likely N-dealkylation sites (tertiary alicyclic amines) is 1. The van der Waals surface area contributed by atoms with Gasteiger partial charge in [0.1, 0.15) is 0 Å². The molecular weight excluding hydrogens is 392 g/mol. The lowest BCUT2D eigenvalue weighted by molar-refractivity contribution is -0.131. The Morgan fingerprint density at radius 1 is 1.13 bits per heavy atom. The van der Waals surface area contributed by atoms with Gasteiger partial charge in [-0.1, -0.05) is 24.3 Å². The Balaban J connectivity index is 1.38. The summed E-state index contributed by atoms with van der Waals surface area (Å²) in [6.45, 7) is 7.19. The number of piperidine rings is 1. The minimum Gasteiger partial charge on any atom is -0.358 e. The number of amides is 2. The highest BCUT2D eigenvalue weighted by Gasteiger charge is 2.23. The molecule has 1 aromatic rings. The van der Waals surface area contributed by atoms with Crippen LogP contribution in [0.3, 0.4) is 0 Å². The van der Waals surface area contributed by atoms with Gasteiger partial charge in [0, 0.05) is 58.8 Å². The summed E-state index contributed by atoms with van der Waals surface area (Å²) >= 11 is 0. The first-order chi connectivity index (χ1) is 15.1. The van der Waals surface area contributed by atoms with E-state index in [2.05, 4.69) is 44.9 Å². The number of likely N-dealkylation sites (N-methyl/N-ethyl adjacent to an activating group) is 1. The van der Waals surface area contributed by atoms with Crippen molar-refractivity contribution in [3.8, 4) is 0 Å². The number of nitrogens with zero attached hydrogens (tertiary/aromatic N) is 3. The molecule has 3 rings (SSSR count). The van der Waals surface area contributed by atoms with Crippen LogP contribution in [0.15, 0.2) is 29.3 Å². The first kappa shape index (κ1) is 23.1. The molecule has 2 amide bonds. The topological polar surface area (TPSA) is 89.1 Å². The number of hydrogen-bond donors (Lipinski definition) is 3. The smallest absolute Gasteiger partial charge is 0.233 e. The Bertz CT molecular complexity index is 748. The van der Waals surface area contributed by atoms with E-state index in [1.165, 1.54) is 11.1 Å². The largest absolute Gasteiger partial charge is 0.358 e. The van der Waals surface area contributed by atoms with Crippen LogP contribution in [0, 0.1) is 0 Å². The molecule has 0 unspecified atom stereocenters. The molecule has 170 valence electrons. The number of guanidine groups is 1. The zero-order chi connectivity index (χ0) is 22.1. The first-order valence-corrected chi connectivity index (χ1v) is 11.4. The van der Waals surface area contributed by atoms with Gasteiger partial charge in [0.25, 0.3) is 0 Å². The number of aliphatic imine (C=N–C) groups is 1. The predicted octanol–water partition coefficient (Wildman–Crippen LogP) is 1.07. The van der Waals surface area contributed by atoms with Gasteiger partial charge < -0.3 is 20.9 Å². The summed E-state index contributed by atoms with van der Waals surface area (Å²) in [5.74, 6) is 1.08. The van der Waals surface area contributed by atoms with Crippen molar-refractivity contribution in [3.63, 3.8) is 0 Å². The predicted molar refractivity (Wildman–Crippen MR) is 123 cm³/mol. The van der Waals surface area contributed by atoms with Crippen LogP contribution in [0.2, 0.25) is 0 Å². The van der Waals surface area contributed by atoms with Crippen molar-refractivity contribution in [2.24, 2.45) is 4.99 Å². The van der Waals surface area contributed by atoms with E-state index in [4.69, 9.17) is 0 Å². The lowest BCUT2D eigenvalue weighted by Gasteiger charge is -2.32. The SMILES string of the molecule is CCNC(=NCCCC(=O)N1Cc2ccccc2C1)NC1CCN(CC(=O)NC)CC1. The van der Waals surface area contributed by atoms with Gasteiger partial charge in [0.15, 0.2) is 5.96 Å². The van der Waals surface area contributed by atoms with Gasteiger partial charge in [-0.25, -0.2) is 0 Å². The number of benzene rings is 1. The Hall–Kier alpha value is -2.61. The third-order valence-corrected chi connectivity index (χ3v) is 5.93. The molecule has 0 spiro atoms. The maximum Gasteiger partial charge on any atom is 0.233 e. The van der Waals surface area contributed by atoms with Gasteiger partial charge in [-0.15, -0.1) is 0 Å². The monoisotopic (exact) mass is 428 g/mol. The first-order valence-electron chi connectivity index (χ1n) is 11.4. The van der Waals surface area contributed by atoms with Gasteiger partial charge >= 0.3 is 0 Å². The molecule has 2 aliphatic rings. The summed E-state index contributed by atoms with van der Waals surface area (Å²) < 4.78 is 0. The van der Waals surface area contributed by atoms with E-state index < -0.39 is 0 Å². The third-order valence-electron chi connectivity index (χ3n) is 5.93. The Morgan fingerprint density at radius 2 is 1.81 bits per heavy atom. The molecule has 8 heteroatoms. The molecule has 1 fully saturated rings. The van der Waals surface area contributed by atoms with Crippen LogP contribution in [0.25, 0.3) is 0 Å². The van der Waals surface area contributed by atoms with E-state index in [1.54, 1.807) is 7.05 Å². The van der Waals surface area contributed by atoms with Crippen molar-refractivity contribution in [1.82, 2.24) is 25.8 Å². The molecule has 0 bridgehead atoms. The van der Waals surface area contributed by atoms with Crippen LogP contribution in [0.5, 0.6) is 0 Å². The second kappa shape index (κ2) is 11.7. The maximum absolute atomic E-state index is 12.5. The van der Waals surface area contributed by atoms with Crippen molar-refractivity contribution in [2.45, 2.75) is 51.7 Å². The zero-order valence-corrected chi connectivity index (χ0v) is 18.8. The van der Waals surface area contributed by atoms with Crippen LogP contribution in [0.4, 0.5) is 0 Å². The third kappa shape index (κ3) is 6.95. The van der Waals surface area contributed by atoms with Gasteiger partial charge in [-0.3, -0.25) is 19.5 Å². The maximum atomic E-state index is 12.5. The van der Waals surface area contributed by atoms with Crippen LogP contribution in [-0.4, -0.2) is 73.4 Å². The molecule has 0 aromatic heterocycles. The normalized spacial score (nSPS) is 17.4. The molecule has 8 nitrogen and oxygen atoms in total. The molecule has 31 heavy (non-hydrogen) atoms. The van der Waals surface area contributed by atoms with Gasteiger partial charge in [-0.05, 0) is 37.3 Å². The van der Waals surface area contributed by atoms with Crippen LogP contribution < -0.4 is 16.0 Å². The van der Waals surface area contributed by atoms with E-state index in [-0.39, 0.29) is 11.8 Å². The van der Waals surface area contributed by atoms with Gasteiger partial charge in [0.2, 0.25) is 11.8 Å². The Labute approximate surface area is 185 Å². The molecule has 0 radical (unpaired) electrons. The second-order valence-corrected chi connectivity index (χ2v) is 8.25. The van der Waals surface area contributed by atoms with Gasteiger partial charge in [0.05, 0.1) is 6.54 Å². The van der Waals surface area contributed by atoms with Crippen molar-refractivity contribution >= 4 is 17.8 Å². The van der Waals surface area contributed by atoms with E-state index in [1.807, 2.05) is 17.0 Å². The summed E-state index contributed by atoms with van der Waals surface area (Å²) in [6, 6.07) is 8.61. The molecule has 0 atom stereocenters. The van der Waals surface area contributed by atoms with Crippen LogP contribution >= 0.6 is 0 Å². The molecule has 0 saturated carbocycles. The molecule has 3 N–H and O–H groups in total. The van der Waals surface area contributed by atoms with Crippen molar-refractivity contribution in [2.75, 3.05) is 39.8 Å². The van der Waals surface area contributed by atoms with Crippen molar-refractivity contribution < 1.29 is 9.59 Å². The molecule has 1 aromatic carbocycles. The summed E-state index contributed by atoms with van der Waals surface area (Å²) in [6.07, 6.45) is 3.23. The highest BCUT2D eigenvalue weighted by molar-refractivity contribution is 5.80. The van der Waals surface area contributed by atoms with Crippen molar-refractivity contribution in [1.29, 1.82) is 0 Å². The fourth-order valence-electron chi connectivity index (χ4n) is 4.12. The number of rotatable bonds is 8. The molecule has 1 saturated heterocycles. The average molecular weight is 429 g/mol. The molecule has 0 aliphatic carbocycles. The fourth-order valence-corrected chi connectivity index (χ4v) is 4.12. The van der Waals surface area contributed by atoms with E-state index >= 15 is 0 Å². The van der Waals surface area contributed by atoms with E-state index in [0.29, 0.717) is 25.6 Å². The fraction of sp³-hybridized carbons (Fsp3) is 0.609. The van der Waals surface area contributed by atoms with E-state index in [9.17, 15) is 9.59 Å². The van der Waals surface area contributed by atoms with Crippen LogP contribution in [0.1, 0.15) is 43.7 Å². The van der Waals surface area contributed by atoms with Crippen molar-refractivity contribution in [3.05, 3.63) is 35.4 Å². The number of nitrogens with one attached hydrogen (secondary N) is 3. The Morgan fingerprint density at radius 3 is 2.42 bits per heavy atom. The standard InChI is InChI=1S/C23H36N6O2/c1-3-25-23(27-20-10-13-28(14-11-20)17-21(30)24-2)26-12-6-9-22(31)29-15-18-7-4-5-8-19(18)16-29/h4-5,7-8,20H,3,6,9-17H2,1-2H3,(H,24,30)(H2,25,26,27). The lowest BCUT2D eigenvalue weighted by atomic mass is 10.1. The second-order valence-electron chi connectivity index (χ2n) is 8.25. The number of fused-ring (bicyclic) bond motifs is 1. The summed E-state index contributed by atoms with van der Waals surface area (Å²) in [5, 5.41) is 9.50. The quantitative estimate of drug-likeness (QED) is 0.328. The summed E-state index contributed by atoms with van der Waals surface area (Å²) in [7, 11) is 1.67. The number of hydrogen-bond acceptors (Lipinski definition) is 4. The summed E-state index contributed by atoms with van der Waals surface area (Å²) in [5.41, 5.74) is 2.52. The van der Waals surface area contributed by atoms with Crippen LogP contribution in [-0.2, 0) is 22.7 Å². The Kier molecular flexibility index (Phi) is 8.70. The average Bonchev–Trinajstić information content (AvgIpc) is 3.22. The highest BCUT2D eigenvalue weighted by Crippen LogP contribution is 2.22.